The van der Waals surface area contributed by atoms with Gasteiger partial charge in [0.2, 0.25) is 0 Å². The maximum absolute atomic E-state index is 6.61. The molecule has 0 fully saturated rings. The third kappa shape index (κ3) is 2.74. The van der Waals surface area contributed by atoms with Crippen LogP contribution in [0.1, 0.15) is 22.1 Å². The quantitative estimate of drug-likeness (QED) is 0.482. The highest BCUT2D eigenvalue weighted by molar-refractivity contribution is 9.10. The number of halogens is 2. The van der Waals surface area contributed by atoms with Crippen LogP contribution in [0.15, 0.2) is 65.1 Å². The molecule has 0 aromatic heterocycles. The lowest BCUT2D eigenvalue weighted by Gasteiger charge is -2.12. The van der Waals surface area contributed by atoms with Crippen molar-refractivity contribution in [2.45, 2.75) is 12.3 Å². The van der Waals surface area contributed by atoms with E-state index < -0.39 is 0 Å². The minimum absolute atomic E-state index is 0.108. The summed E-state index contributed by atoms with van der Waals surface area (Å²) in [5, 5.41) is 2.32. The monoisotopic (exact) mass is 344 g/mol. The summed E-state index contributed by atoms with van der Waals surface area (Å²) in [5.41, 5.74) is 3.51. The molecule has 0 radical (unpaired) electrons. The van der Waals surface area contributed by atoms with Gasteiger partial charge in [0.05, 0.1) is 5.38 Å². The predicted octanol–water partition coefficient (Wildman–Crippen LogP) is 6.24. The lowest BCUT2D eigenvalue weighted by atomic mass is 10.00. The molecule has 3 aromatic rings. The molecule has 0 spiro atoms. The molecule has 0 N–H and O–H groups in total. The summed E-state index contributed by atoms with van der Waals surface area (Å²) >= 11 is 10.1. The number of hydrogen-bond acceptors (Lipinski definition) is 0. The Morgan fingerprint density at radius 3 is 2.15 bits per heavy atom. The van der Waals surface area contributed by atoms with Gasteiger partial charge in [-0.2, -0.15) is 0 Å². The maximum atomic E-state index is 6.61. The fraction of sp³-hybridized carbons (Fsp3) is 0.111. The van der Waals surface area contributed by atoms with Gasteiger partial charge in [-0.05, 0) is 47.0 Å². The van der Waals surface area contributed by atoms with Crippen LogP contribution in [0.3, 0.4) is 0 Å². The molecule has 3 aromatic carbocycles. The van der Waals surface area contributed by atoms with E-state index >= 15 is 0 Å². The number of hydrogen-bond donors (Lipinski definition) is 0. The Bertz CT molecular complexity index is 747. The molecular formula is C18H14BrCl. The molecule has 1 atom stereocenters. The van der Waals surface area contributed by atoms with E-state index in [0.29, 0.717) is 0 Å². The normalized spacial score (nSPS) is 12.6. The fourth-order valence-corrected chi connectivity index (χ4v) is 2.98. The second-order valence-corrected chi connectivity index (χ2v) is 6.38. The van der Waals surface area contributed by atoms with E-state index in [2.05, 4.69) is 83.5 Å². The highest BCUT2D eigenvalue weighted by atomic mass is 79.9. The van der Waals surface area contributed by atoms with Crippen LogP contribution in [0.2, 0.25) is 0 Å². The Morgan fingerprint density at radius 1 is 0.800 bits per heavy atom. The summed E-state index contributed by atoms with van der Waals surface area (Å²) in [6.07, 6.45) is 0. The van der Waals surface area contributed by atoms with Gasteiger partial charge >= 0.3 is 0 Å². The van der Waals surface area contributed by atoms with Gasteiger partial charge in [0.15, 0.2) is 0 Å². The van der Waals surface area contributed by atoms with Crippen molar-refractivity contribution in [1.82, 2.24) is 0 Å². The van der Waals surface area contributed by atoms with Crippen molar-refractivity contribution >= 4 is 38.3 Å². The van der Waals surface area contributed by atoms with E-state index in [0.717, 1.165) is 15.6 Å². The van der Waals surface area contributed by atoms with Crippen molar-refractivity contribution in [2.24, 2.45) is 0 Å². The fourth-order valence-electron chi connectivity index (χ4n) is 2.32. The molecule has 0 bridgehead atoms. The molecular weight excluding hydrogens is 332 g/mol. The average molecular weight is 346 g/mol. The molecule has 100 valence electrons. The SMILES string of the molecule is Cc1ccc(C(Cl)c2ccc3cc(Br)ccc3c2)cc1. The highest BCUT2D eigenvalue weighted by Crippen LogP contribution is 2.31. The molecule has 2 heteroatoms. The van der Waals surface area contributed by atoms with Gasteiger partial charge in [0, 0.05) is 4.47 Å². The zero-order valence-electron chi connectivity index (χ0n) is 11.1. The summed E-state index contributed by atoms with van der Waals surface area (Å²) in [5.74, 6) is 0. The Kier molecular flexibility index (Phi) is 3.82. The minimum atomic E-state index is -0.108. The molecule has 0 nitrogen and oxygen atoms in total. The van der Waals surface area contributed by atoms with E-state index in [9.17, 15) is 0 Å². The molecule has 0 aliphatic heterocycles. The van der Waals surface area contributed by atoms with Crippen LogP contribution in [-0.4, -0.2) is 0 Å². The highest BCUT2D eigenvalue weighted by Gasteiger charge is 2.11. The smallest absolute Gasteiger partial charge is 0.0835 e. The molecule has 0 aliphatic carbocycles. The summed E-state index contributed by atoms with van der Waals surface area (Å²) in [6.45, 7) is 2.08. The van der Waals surface area contributed by atoms with Gasteiger partial charge < -0.3 is 0 Å². The van der Waals surface area contributed by atoms with Gasteiger partial charge in [-0.1, -0.05) is 64.0 Å². The third-order valence-corrected chi connectivity index (χ3v) is 4.49. The van der Waals surface area contributed by atoms with Crippen LogP contribution < -0.4 is 0 Å². The van der Waals surface area contributed by atoms with Gasteiger partial charge in [-0.3, -0.25) is 0 Å². The molecule has 1 unspecified atom stereocenters. The first kappa shape index (κ1) is 13.7. The summed E-state index contributed by atoms with van der Waals surface area (Å²) in [7, 11) is 0. The van der Waals surface area contributed by atoms with Crippen LogP contribution in [0.25, 0.3) is 10.8 Å². The van der Waals surface area contributed by atoms with Crippen molar-refractivity contribution < 1.29 is 0 Å². The second kappa shape index (κ2) is 5.59. The van der Waals surface area contributed by atoms with Crippen molar-refractivity contribution in [3.63, 3.8) is 0 Å². The Labute approximate surface area is 132 Å². The molecule has 20 heavy (non-hydrogen) atoms. The standard InChI is InChI=1S/C18H14BrCl/c1-12-2-4-13(5-3-12)18(20)16-7-6-15-11-17(19)9-8-14(15)10-16/h2-11,18H,1H3. The van der Waals surface area contributed by atoms with Crippen LogP contribution >= 0.6 is 27.5 Å². The second-order valence-electron chi connectivity index (χ2n) is 5.02. The van der Waals surface area contributed by atoms with E-state index in [-0.39, 0.29) is 5.38 Å². The average Bonchev–Trinajstić information content (AvgIpc) is 2.47. The van der Waals surface area contributed by atoms with Crippen molar-refractivity contribution in [3.8, 4) is 0 Å². The number of alkyl halides is 1. The summed E-state index contributed by atoms with van der Waals surface area (Å²) in [4.78, 5) is 0. The summed E-state index contributed by atoms with van der Waals surface area (Å²) < 4.78 is 1.10. The lowest BCUT2D eigenvalue weighted by molar-refractivity contribution is 1.14. The zero-order chi connectivity index (χ0) is 14.1. The first-order valence-electron chi connectivity index (χ1n) is 6.53. The van der Waals surface area contributed by atoms with Crippen LogP contribution in [0.4, 0.5) is 0 Å². The number of benzene rings is 3. The van der Waals surface area contributed by atoms with Crippen LogP contribution in [0.5, 0.6) is 0 Å². The molecule has 0 heterocycles. The van der Waals surface area contributed by atoms with Gasteiger partial charge in [-0.15, -0.1) is 11.6 Å². The Balaban J connectivity index is 2.01. The Morgan fingerprint density at radius 2 is 1.40 bits per heavy atom. The Hall–Kier alpha value is -1.31. The zero-order valence-corrected chi connectivity index (χ0v) is 13.4. The van der Waals surface area contributed by atoms with Gasteiger partial charge in [0.1, 0.15) is 0 Å². The van der Waals surface area contributed by atoms with Crippen molar-refractivity contribution in [3.05, 3.63) is 81.8 Å². The molecule has 0 saturated carbocycles. The lowest BCUT2D eigenvalue weighted by Crippen LogP contribution is -1.93. The van der Waals surface area contributed by atoms with E-state index in [1.165, 1.54) is 16.3 Å². The molecule has 3 rings (SSSR count). The minimum Gasteiger partial charge on any atom is -0.113 e. The predicted molar refractivity (Wildman–Crippen MR) is 90.5 cm³/mol. The largest absolute Gasteiger partial charge is 0.113 e. The number of aryl methyl sites for hydroxylation is 1. The van der Waals surface area contributed by atoms with Crippen LogP contribution in [0, 0.1) is 6.92 Å². The van der Waals surface area contributed by atoms with E-state index in [4.69, 9.17) is 11.6 Å². The third-order valence-electron chi connectivity index (χ3n) is 3.49. The molecule has 0 aliphatic rings. The first-order valence-corrected chi connectivity index (χ1v) is 7.76. The van der Waals surface area contributed by atoms with Crippen LogP contribution in [-0.2, 0) is 0 Å². The van der Waals surface area contributed by atoms with E-state index in [1.807, 2.05) is 0 Å². The van der Waals surface area contributed by atoms with E-state index in [1.54, 1.807) is 0 Å². The summed E-state index contributed by atoms with van der Waals surface area (Å²) in [6, 6.07) is 21.1. The number of fused-ring (bicyclic) bond motifs is 1. The van der Waals surface area contributed by atoms with Crippen molar-refractivity contribution in [1.29, 1.82) is 0 Å². The molecule has 0 saturated heterocycles. The first-order chi connectivity index (χ1) is 9.63. The number of rotatable bonds is 2. The van der Waals surface area contributed by atoms with Gasteiger partial charge in [0.25, 0.3) is 0 Å². The van der Waals surface area contributed by atoms with Gasteiger partial charge in [-0.25, -0.2) is 0 Å². The topological polar surface area (TPSA) is 0 Å². The molecule has 0 amide bonds. The maximum Gasteiger partial charge on any atom is 0.0835 e. The van der Waals surface area contributed by atoms with Crippen molar-refractivity contribution in [2.75, 3.05) is 0 Å².